The zero-order valence-electron chi connectivity index (χ0n) is 8.42. The van der Waals surface area contributed by atoms with Gasteiger partial charge in [-0.2, -0.15) is 0 Å². The third-order valence-corrected chi connectivity index (χ3v) is 2.73. The molecule has 0 unspecified atom stereocenters. The number of benzene rings is 1. The van der Waals surface area contributed by atoms with Crippen molar-refractivity contribution in [2.24, 2.45) is 0 Å². The molecule has 1 aromatic carbocycles. The van der Waals surface area contributed by atoms with E-state index in [9.17, 15) is 9.90 Å². The lowest BCUT2D eigenvalue weighted by atomic mass is 10.1. The number of aliphatic hydroxyl groups is 1. The fourth-order valence-electron chi connectivity index (χ4n) is 2.00. The average molecular weight is 211 g/mol. The van der Waals surface area contributed by atoms with E-state index < -0.39 is 0 Å². The molecule has 0 saturated heterocycles. The van der Waals surface area contributed by atoms with Crippen molar-refractivity contribution in [1.82, 2.24) is 4.57 Å². The molecule has 2 aromatic rings. The van der Waals surface area contributed by atoms with E-state index in [4.69, 9.17) is 0 Å². The zero-order chi connectivity index (χ0) is 11.1. The van der Waals surface area contributed by atoms with Crippen LogP contribution in [0.5, 0.6) is 0 Å². The van der Waals surface area contributed by atoms with Gasteiger partial charge in [0.1, 0.15) is 0 Å². The number of carbonyl (C=O) groups is 1. The van der Waals surface area contributed by atoms with Crippen molar-refractivity contribution in [2.75, 3.05) is 0 Å². The molecule has 3 rings (SSSR count). The fourth-order valence-corrected chi connectivity index (χ4v) is 2.00. The molecule has 0 aliphatic heterocycles. The molecule has 0 fully saturated rings. The Hall–Kier alpha value is -2.29. The number of allylic oxidation sites excluding steroid dienone is 1. The monoisotopic (exact) mass is 211 g/mol. The number of fused-ring (bicyclic) bond motifs is 1. The van der Waals surface area contributed by atoms with Gasteiger partial charge in [-0.15, -0.1) is 0 Å². The molecule has 3 nitrogen and oxygen atoms in total. The summed E-state index contributed by atoms with van der Waals surface area (Å²) >= 11 is 0. The summed E-state index contributed by atoms with van der Waals surface area (Å²) in [6.07, 6.45) is 3.61. The lowest BCUT2D eigenvalue weighted by Crippen LogP contribution is -1.98. The molecule has 0 spiro atoms. The Morgan fingerprint density at radius 2 is 1.56 bits per heavy atom. The summed E-state index contributed by atoms with van der Waals surface area (Å²) in [7, 11) is 0. The second-order valence-electron chi connectivity index (χ2n) is 3.66. The second-order valence-corrected chi connectivity index (χ2v) is 3.66. The van der Waals surface area contributed by atoms with Gasteiger partial charge in [0.05, 0.1) is 5.70 Å². The maximum Gasteiger partial charge on any atom is 0.230 e. The lowest BCUT2D eigenvalue weighted by molar-refractivity contribution is 0.0984. The van der Waals surface area contributed by atoms with Crippen LogP contribution in [0.3, 0.4) is 0 Å². The highest BCUT2D eigenvalue weighted by molar-refractivity contribution is 6.18. The first kappa shape index (κ1) is 8.97. The largest absolute Gasteiger partial charge is 0.503 e. The lowest BCUT2D eigenvalue weighted by Gasteiger charge is -2.05. The van der Waals surface area contributed by atoms with Gasteiger partial charge in [0.15, 0.2) is 5.76 Å². The molecule has 1 aliphatic carbocycles. The van der Waals surface area contributed by atoms with Crippen LogP contribution in [0.15, 0.2) is 54.6 Å². The number of hydrogen-bond acceptors (Lipinski definition) is 2. The van der Waals surface area contributed by atoms with E-state index in [1.54, 1.807) is 29.1 Å². The van der Waals surface area contributed by atoms with E-state index in [-0.39, 0.29) is 11.5 Å². The minimum atomic E-state index is -0.306. The highest BCUT2D eigenvalue weighted by atomic mass is 16.3. The quantitative estimate of drug-likeness (QED) is 0.787. The molecule has 0 saturated carbocycles. The van der Waals surface area contributed by atoms with Gasteiger partial charge in [-0.3, -0.25) is 4.79 Å². The molecule has 78 valence electrons. The van der Waals surface area contributed by atoms with Crippen LogP contribution in [-0.4, -0.2) is 15.5 Å². The van der Waals surface area contributed by atoms with Crippen molar-refractivity contribution < 1.29 is 9.90 Å². The van der Waals surface area contributed by atoms with Crippen LogP contribution in [-0.2, 0) is 0 Å². The Morgan fingerprint density at radius 3 is 2.25 bits per heavy atom. The molecule has 1 aliphatic rings. The van der Waals surface area contributed by atoms with Gasteiger partial charge in [0, 0.05) is 23.5 Å². The maximum atomic E-state index is 11.8. The smallest absolute Gasteiger partial charge is 0.230 e. The van der Waals surface area contributed by atoms with Crippen molar-refractivity contribution in [3.63, 3.8) is 0 Å². The van der Waals surface area contributed by atoms with Crippen molar-refractivity contribution in [1.29, 1.82) is 0 Å². The summed E-state index contributed by atoms with van der Waals surface area (Å²) in [6.45, 7) is 0. The molecular formula is C13H9NO2. The van der Waals surface area contributed by atoms with E-state index in [0.717, 1.165) is 5.56 Å². The maximum absolute atomic E-state index is 11.8. The summed E-state index contributed by atoms with van der Waals surface area (Å²) in [5.74, 6) is -0.489. The minimum Gasteiger partial charge on any atom is -0.503 e. The third kappa shape index (κ3) is 1.05. The molecule has 0 radical (unpaired) electrons. The Bertz CT molecular complexity index is 594. The molecule has 0 atom stereocenters. The van der Waals surface area contributed by atoms with E-state index in [1.807, 2.05) is 24.3 Å². The number of aliphatic hydroxyl groups excluding tert-OH is 1. The van der Waals surface area contributed by atoms with E-state index in [1.165, 1.54) is 0 Å². The number of nitrogens with zero attached hydrogens (tertiary/aromatic N) is 1. The number of ketones is 1. The minimum absolute atomic E-state index is 0.183. The van der Waals surface area contributed by atoms with Crippen molar-refractivity contribution in [3.05, 3.63) is 65.7 Å². The predicted octanol–water partition coefficient (Wildman–Crippen LogP) is 2.46. The highest BCUT2D eigenvalue weighted by Crippen LogP contribution is 2.32. The summed E-state index contributed by atoms with van der Waals surface area (Å²) in [5, 5.41) is 9.86. The summed E-state index contributed by atoms with van der Waals surface area (Å²) < 4.78 is 1.75. The number of Topliss-reactive ketones (excluding diaryl/α,β-unsaturated/α-hetero) is 1. The summed E-state index contributed by atoms with van der Waals surface area (Å²) in [6, 6.07) is 10.9. The SMILES string of the molecule is O=C1C(O)=C(n2cccc2)c2ccccc21. The molecule has 0 amide bonds. The van der Waals surface area contributed by atoms with Crippen LogP contribution in [0.25, 0.3) is 5.70 Å². The van der Waals surface area contributed by atoms with E-state index in [0.29, 0.717) is 11.3 Å². The summed E-state index contributed by atoms with van der Waals surface area (Å²) in [4.78, 5) is 11.8. The Morgan fingerprint density at radius 1 is 0.938 bits per heavy atom. The molecule has 1 N–H and O–H groups in total. The highest BCUT2D eigenvalue weighted by Gasteiger charge is 2.29. The van der Waals surface area contributed by atoms with Crippen LogP contribution in [0.1, 0.15) is 15.9 Å². The van der Waals surface area contributed by atoms with Crippen LogP contribution < -0.4 is 0 Å². The first-order valence-corrected chi connectivity index (χ1v) is 5.00. The van der Waals surface area contributed by atoms with Gasteiger partial charge in [-0.25, -0.2) is 0 Å². The molecule has 1 aromatic heterocycles. The van der Waals surface area contributed by atoms with Gasteiger partial charge in [0.2, 0.25) is 5.78 Å². The van der Waals surface area contributed by atoms with Crippen LogP contribution in [0.2, 0.25) is 0 Å². The van der Waals surface area contributed by atoms with Crippen LogP contribution in [0, 0.1) is 0 Å². The van der Waals surface area contributed by atoms with Gasteiger partial charge >= 0.3 is 0 Å². The molecule has 16 heavy (non-hydrogen) atoms. The topological polar surface area (TPSA) is 42.2 Å². The fraction of sp³-hybridized carbons (Fsp3) is 0. The third-order valence-electron chi connectivity index (χ3n) is 2.73. The molecule has 1 heterocycles. The number of aromatic nitrogens is 1. The van der Waals surface area contributed by atoms with Gasteiger partial charge in [-0.1, -0.05) is 24.3 Å². The molecular weight excluding hydrogens is 202 g/mol. The second kappa shape index (κ2) is 3.10. The normalized spacial score (nSPS) is 14.4. The molecule has 0 bridgehead atoms. The summed E-state index contributed by atoms with van der Waals surface area (Å²) in [5.41, 5.74) is 1.90. The van der Waals surface area contributed by atoms with E-state index in [2.05, 4.69) is 0 Å². The Balaban J connectivity index is 2.29. The van der Waals surface area contributed by atoms with Gasteiger partial charge in [0.25, 0.3) is 0 Å². The number of rotatable bonds is 1. The standard InChI is InChI=1S/C13H9NO2/c15-12-10-6-2-1-5-9(10)11(13(12)16)14-7-3-4-8-14/h1-8H,(H,15,16). The Labute approximate surface area is 92.3 Å². The Kier molecular flexibility index (Phi) is 1.74. The van der Waals surface area contributed by atoms with E-state index >= 15 is 0 Å². The number of hydrogen-bond donors (Lipinski definition) is 1. The average Bonchev–Trinajstić information content (AvgIpc) is 2.89. The van der Waals surface area contributed by atoms with Crippen LogP contribution in [0.4, 0.5) is 0 Å². The van der Waals surface area contributed by atoms with Crippen LogP contribution >= 0.6 is 0 Å². The zero-order valence-corrected chi connectivity index (χ0v) is 8.42. The van der Waals surface area contributed by atoms with Gasteiger partial charge < -0.3 is 9.67 Å². The van der Waals surface area contributed by atoms with Gasteiger partial charge in [-0.05, 0) is 12.1 Å². The van der Waals surface area contributed by atoms with Crippen molar-refractivity contribution >= 4 is 11.5 Å². The predicted molar refractivity (Wildman–Crippen MR) is 60.2 cm³/mol. The van der Waals surface area contributed by atoms with Crippen molar-refractivity contribution in [3.8, 4) is 0 Å². The van der Waals surface area contributed by atoms with Crippen molar-refractivity contribution in [2.45, 2.75) is 0 Å². The molecule has 3 heteroatoms. The first-order chi connectivity index (χ1) is 7.79. The number of carbonyl (C=O) groups excluding carboxylic acids is 1. The first-order valence-electron chi connectivity index (χ1n) is 5.00.